The van der Waals surface area contributed by atoms with Gasteiger partial charge in [0.2, 0.25) is 5.88 Å². The van der Waals surface area contributed by atoms with Crippen molar-refractivity contribution in [2.75, 3.05) is 31.1 Å². The monoisotopic (exact) mass is 619 g/mol. The fourth-order valence-corrected chi connectivity index (χ4v) is 7.81. The van der Waals surface area contributed by atoms with E-state index < -0.39 is 5.54 Å². The summed E-state index contributed by atoms with van der Waals surface area (Å²) in [4.78, 5) is 7.28. The zero-order chi connectivity index (χ0) is 31.8. The Labute approximate surface area is 277 Å². The summed E-state index contributed by atoms with van der Waals surface area (Å²) in [7, 11) is 0. The number of anilines is 1. The molecule has 236 valence electrons. The number of ether oxygens (including phenoxy) is 1. The van der Waals surface area contributed by atoms with Crippen LogP contribution in [0.4, 0.5) is 5.69 Å². The predicted molar refractivity (Wildman–Crippen MR) is 190 cm³/mol. The van der Waals surface area contributed by atoms with E-state index in [1.54, 1.807) is 0 Å². The molecule has 2 fully saturated rings. The van der Waals surface area contributed by atoms with Gasteiger partial charge in [-0.2, -0.15) is 5.10 Å². The Balaban J connectivity index is 1.38. The van der Waals surface area contributed by atoms with Gasteiger partial charge in [0.25, 0.3) is 0 Å². The van der Waals surface area contributed by atoms with Gasteiger partial charge in [0.1, 0.15) is 11.2 Å². The summed E-state index contributed by atoms with van der Waals surface area (Å²) >= 11 is 0. The Morgan fingerprint density at radius 1 is 0.787 bits per heavy atom. The number of hydrogen-bond donors (Lipinski definition) is 1. The van der Waals surface area contributed by atoms with Crippen LogP contribution in [0.1, 0.15) is 43.4 Å². The molecular weight excluding hydrogens is 578 g/mol. The Hall–Kier alpha value is -4.94. The molecule has 1 N–H and O–H groups in total. The van der Waals surface area contributed by atoms with Crippen LogP contribution in [0.3, 0.4) is 0 Å². The van der Waals surface area contributed by atoms with Gasteiger partial charge >= 0.3 is 0 Å². The summed E-state index contributed by atoms with van der Waals surface area (Å²) < 4.78 is 8.17. The van der Waals surface area contributed by atoms with Gasteiger partial charge in [-0.3, -0.25) is 0 Å². The van der Waals surface area contributed by atoms with Crippen molar-refractivity contribution in [1.82, 2.24) is 20.1 Å². The lowest BCUT2D eigenvalue weighted by Crippen LogP contribution is -2.38. The van der Waals surface area contributed by atoms with E-state index in [-0.39, 0.29) is 6.10 Å². The minimum absolute atomic E-state index is 0.0537. The van der Waals surface area contributed by atoms with Crippen molar-refractivity contribution in [3.8, 4) is 17.1 Å². The van der Waals surface area contributed by atoms with E-state index in [2.05, 4.69) is 130 Å². The number of hydrogen-bond acceptors (Lipinski definition) is 5. The highest BCUT2D eigenvalue weighted by Crippen LogP contribution is 2.45. The average molecular weight is 620 g/mol. The SMILES string of the molecule is CC(C)Oc1ccc(-c2nn(C(c3ccccc3)(c3ccccc3)c3ccccc3)c3ccc(N4CC[C@]5(CCNC5)C4)cc23)cn1. The van der Waals surface area contributed by atoms with Gasteiger partial charge in [0, 0.05) is 53.9 Å². The summed E-state index contributed by atoms with van der Waals surface area (Å²) in [6, 6.07) is 43.3. The molecule has 6 aromatic rings. The summed E-state index contributed by atoms with van der Waals surface area (Å²) in [6.45, 7) is 8.42. The van der Waals surface area contributed by atoms with Crippen LogP contribution < -0.4 is 15.0 Å². The van der Waals surface area contributed by atoms with Crippen LogP contribution in [0.2, 0.25) is 0 Å². The number of benzene rings is 4. The second-order valence-electron chi connectivity index (χ2n) is 13.4. The lowest BCUT2D eigenvalue weighted by molar-refractivity contribution is 0.232. The number of nitrogens with one attached hydrogen (secondary N) is 1. The van der Waals surface area contributed by atoms with Crippen LogP contribution >= 0.6 is 0 Å². The third-order valence-electron chi connectivity index (χ3n) is 10.1. The third kappa shape index (κ3) is 5.17. The van der Waals surface area contributed by atoms with E-state index in [1.807, 2.05) is 26.1 Å². The van der Waals surface area contributed by atoms with Gasteiger partial charge in [0.15, 0.2) is 0 Å². The van der Waals surface area contributed by atoms with Gasteiger partial charge in [-0.15, -0.1) is 0 Å². The lowest BCUT2D eigenvalue weighted by Gasteiger charge is -2.37. The second-order valence-corrected chi connectivity index (χ2v) is 13.4. The van der Waals surface area contributed by atoms with Crippen LogP contribution in [0.15, 0.2) is 128 Å². The topological polar surface area (TPSA) is 55.2 Å². The maximum atomic E-state index is 5.91. The molecule has 2 aliphatic rings. The maximum Gasteiger partial charge on any atom is 0.213 e. The van der Waals surface area contributed by atoms with Crippen LogP contribution in [-0.2, 0) is 5.54 Å². The van der Waals surface area contributed by atoms with Crippen LogP contribution in [0.25, 0.3) is 22.2 Å². The van der Waals surface area contributed by atoms with Crippen molar-refractivity contribution >= 4 is 16.6 Å². The molecule has 0 radical (unpaired) electrons. The molecule has 8 rings (SSSR count). The van der Waals surface area contributed by atoms with Gasteiger partial charge in [-0.1, -0.05) is 91.0 Å². The summed E-state index contributed by atoms with van der Waals surface area (Å²) in [5.74, 6) is 0.618. The van der Waals surface area contributed by atoms with Crippen molar-refractivity contribution in [3.05, 3.63) is 144 Å². The largest absolute Gasteiger partial charge is 0.475 e. The zero-order valence-electron chi connectivity index (χ0n) is 27.1. The van der Waals surface area contributed by atoms with E-state index in [9.17, 15) is 0 Å². The first-order valence-electron chi connectivity index (χ1n) is 16.8. The van der Waals surface area contributed by atoms with Gasteiger partial charge in [-0.25, -0.2) is 9.67 Å². The van der Waals surface area contributed by atoms with E-state index in [0.29, 0.717) is 11.3 Å². The molecule has 6 heteroatoms. The molecule has 2 aliphatic heterocycles. The smallest absolute Gasteiger partial charge is 0.213 e. The highest BCUT2D eigenvalue weighted by atomic mass is 16.5. The third-order valence-corrected chi connectivity index (χ3v) is 10.1. The maximum absolute atomic E-state index is 5.91. The van der Waals surface area contributed by atoms with Crippen molar-refractivity contribution in [3.63, 3.8) is 0 Å². The highest BCUT2D eigenvalue weighted by Gasteiger charge is 2.42. The molecule has 0 unspecified atom stereocenters. The molecule has 0 bridgehead atoms. The number of nitrogens with zero attached hydrogens (tertiary/aromatic N) is 4. The molecule has 4 aromatic carbocycles. The number of aromatic nitrogens is 3. The molecule has 2 saturated heterocycles. The quantitative estimate of drug-likeness (QED) is 0.176. The first kappa shape index (κ1) is 29.5. The summed E-state index contributed by atoms with van der Waals surface area (Å²) in [5.41, 5.74) is 7.27. The fourth-order valence-electron chi connectivity index (χ4n) is 7.81. The Bertz CT molecular complexity index is 1870. The normalized spacial score (nSPS) is 18.1. The van der Waals surface area contributed by atoms with Crippen LogP contribution in [0.5, 0.6) is 5.88 Å². The molecule has 0 amide bonds. The van der Waals surface area contributed by atoms with Gasteiger partial charge in [0.05, 0.1) is 11.6 Å². The van der Waals surface area contributed by atoms with Crippen LogP contribution in [0, 0.1) is 5.41 Å². The standard InChI is InChI=1S/C41H41N5O/c1-30(2)47-38-21-18-31(27-43-38)39-36-26-35(45-25-23-40(29-45)22-24-42-28-40)19-20-37(36)46(44-39)41(32-12-6-3-7-13-32,33-14-8-4-9-15-33)34-16-10-5-11-17-34/h3-21,26-27,30,42H,22-25,28-29H2,1-2H3/t40-/m0/s1. The Kier molecular flexibility index (Phi) is 7.53. The average Bonchev–Trinajstić information content (AvgIpc) is 3.86. The van der Waals surface area contributed by atoms with E-state index >= 15 is 0 Å². The summed E-state index contributed by atoms with van der Waals surface area (Å²) in [5, 5.41) is 10.3. The van der Waals surface area contributed by atoms with E-state index in [1.165, 1.54) is 18.5 Å². The molecule has 1 atom stereocenters. The molecular formula is C41H41N5O. The minimum atomic E-state index is -0.733. The summed E-state index contributed by atoms with van der Waals surface area (Å²) in [6.07, 6.45) is 4.43. The number of rotatable bonds is 8. The van der Waals surface area contributed by atoms with Gasteiger partial charge in [-0.05, 0) is 74.2 Å². The van der Waals surface area contributed by atoms with Crippen molar-refractivity contribution < 1.29 is 4.74 Å². The van der Waals surface area contributed by atoms with Gasteiger partial charge < -0.3 is 15.0 Å². The molecule has 1 spiro atoms. The first-order chi connectivity index (χ1) is 23.1. The molecule has 2 aromatic heterocycles. The second kappa shape index (κ2) is 12.0. The lowest BCUT2D eigenvalue weighted by atomic mass is 9.77. The predicted octanol–water partition coefficient (Wildman–Crippen LogP) is 7.92. The van der Waals surface area contributed by atoms with E-state index in [4.69, 9.17) is 14.8 Å². The number of pyridine rings is 1. The first-order valence-corrected chi connectivity index (χ1v) is 16.8. The minimum Gasteiger partial charge on any atom is -0.475 e. The molecule has 47 heavy (non-hydrogen) atoms. The van der Waals surface area contributed by atoms with Crippen molar-refractivity contribution in [2.24, 2.45) is 5.41 Å². The number of fused-ring (bicyclic) bond motifs is 1. The Morgan fingerprint density at radius 3 is 2.00 bits per heavy atom. The molecule has 0 saturated carbocycles. The molecule has 4 heterocycles. The van der Waals surface area contributed by atoms with Crippen molar-refractivity contribution in [1.29, 1.82) is 0 Å². The fraction of sp³-hybridized carbons (Fsp3) is 0.268. The van der Waals surface area contributed by atoms with E-state index in [0.717, 1.165) is 65.0 Å². The van der Waals surface area contributed by atoms with Crippen LogP contribution in [-0.4, -0.2) is 47.0 Å². The zero-order valence-corrected chi connectivity index (χ0v) is 27.1. The Morgan fingerprint density at radius 2 is 1.45 bits per heavy atom. The van der Waals surface area contributed by atoms with Crippen molar-refractivity contribution in [2.45, 2.75) is 38.3 Å². The molecule has 6 nitrogen and oxygen atoms in total. The molecule has 0 aliphatic carbocycles. The highest BCUT2D eigenvalue weighted by molar-refractivity contribution is 5.96.